The number of nitrogens with one attached hydrogen (secondary N) is 1. The van der Waals surface area contributed by atoms with E-state index in [9.17, 15) is 27.6 Å². The van der Waals surface area contributed by atoms with E-state index in [1.54, 1.807) is 5.48 Å². The van der Waals surface area contributed by atoms with E-state index in [4.69, 9.17) is 14.2 Å². The molecule has 0 spiro atoms. The normalized spacial score (nSPS) is 21.8. The van der Waals surface area contributed by atoms with Gasteiger partial charge in [0.15, 0.2) is 0 Å². The van der Waals surface area contributed by atoms with Crippen molar-refractivity contribution in [2.45, 2.75) is 29.3 Å². The molecule has 2 atom stereocenters. The number of benzene rings is 1. The van der Waals surface area contributed by atoms with Gasteiger partial charge in [-0.15, -0.1) is 0 Å². The van der Waals surface area contributed by atoms with Gasteiger partial charge in [-0.2, -0.15) is 4.31 Å². The highest BCUT2D eigenvalue weighted by Gasteiger charge is 2.61. The lowest BCUT2D eigenvalue weighted by atomic mass is 9.96. The minimum Gasteiger partial charge on any atom is -0.447 e. The number of carbonyl (C=O) groups excluding carboxylic acids is 2. The van der Waals surface area contributed by atoms with Gasteiger partial charge in [0, 0.05) is 25.8 Å². The van der Waals surface area contributed by atoms with Crippen LogP contribution in [0, 0.1) is 5.82 Å². The number of methoxy groups -OCH3 is 1. The van der Waals surface area contributed by atoms with Gasteiger partial charge in [-0.25, -0.2) is 28.1 Å². The number of piperazine rings is 1. The first-order valence-corrected chi connectivity index (χ1v) is 12.4. The van der Waals surface area contributed by atoms with E-state index in [0.717, 1.165) is 10.5 Å². The molecule has 36 heavy (non-hydrogen) atoms. The molecule has 1 aromatic heterocycles. The number of hydroxylamine groups is 1. The monoisotopic (exact) mass is 524 g/mol. The fraction of sp³-hybridized carbons (Fsp3) is 0.409. The number of nitrogens with zero attached hydrogens (tertiary/aromatic N) is 3. The number of hydrogen-bond donors (Lipinski definition) is 2. The number of fused-ring (bicyclic) bond motifs is 2. The lowest BCUT2D eigenvalue weighted by molar-refractivity contribution is -0.141. The molecule has 194 valence electrons. The Balaban J connectivity index is 1.58. The van der Waals surface area contributed by atoms with Crippen molar-refractivity contribution in [1.82, 2.24) is 19.7 Å². The lowest BCUT2D eigenvalue weighted by Gasteiger charge is -2.45. The summed E-state index contributed by atoms with van der Waals surface area (Å²) in [6.45, 7) is -0.125. The molecule has 0 aliphatic carbocycles. The van der Waals surface area contributed by atoms with Crippen LogP contribution in [-0.4, -0.2) is 84.8 Å². The quantitative estimate of drug-likeness (QED) is 0.298. The summed E-state index contributed by atoms with van der Waals surface area (Å²) in [5.41, 5.74) is -0.183. The molecule has 2 amide bonds. The van der Waals surface area contributed by atoms with Gasteiger partial charge < -0.3 is 19.1 Å². The van der Waals surface area contributed by atoms with Crippen molar-refractivity contribution in [1.29, 1.82) is 0 Å². The third-order valence-corrected chi connectivity index (χ3v) is 8.13. The van der Waals surface area contributed by atoms with E-state index in [1.807, 2.05) is 0 Å². The molecule has 1 aromatic carbocycles. The molecular weight excluding hydrogens is 499 g/mol. The predicted molar refractivity (Wildman–Crippen MR) is 120 cm³/mol. The van der Waals surface area contributed by atoms with Crippen LogP contribution in [0.2, 0.25) is 0 Å². The Morgan fingerprint density at radius 2 is 1.97 bits per heavy atom. The van der Waals surface area contributed by atoms with Gasteiger partial charge >= 0.3 is 6.09 Å². The lowest BCUT2D eigenvalue weighted by Crippen LogP contribution is -2.69. The minimum absolute atomic E-state index is 0.00425. The van der Waals surface area contributed by atoms with Crippen LogP contribution in [0.5, 0.6) is 11.6 Å². The van der Waals surface area contributed by atoms with Gasteiger partial charge in [0.05, 0.1) is 19.3 Å². The predicted octanol–water partition coefficient (Wildman–Crippen LogP) is 1.51. The molecule has 2 saturated heterocycles. The summed E-state index contributed by atoms with van der Waals surface area (Å²) >= 11 is 0. The molecule has 14 heteroatoms. The SMILES string of the molecule is COCCOC(=O)N1C[C@@H]2CC[C@](C(=O)NO)(C1)N2S(=O)(=O)c1ccc(Oc2ccc(F)cc2)nc1. The standard InChI is InChI=1S/C22H25FN4O8S/c1-33-10-11-34-21(29)26-13-16-8-9-22(14-26,20(28)25-30)27(16)36(31,32)18-6-7-19(24-12-18)35-17-4-2-15(23)3-5-17/h2-7,12,16,30H,8-11,13-14H2,1H3,(H,25,28)/t16-,22+/m0/s1. The van der Waals surface area contributed by atoms with Crippen molar-refractivity contribution >= 4 is 22.0 Å². The van der Waals surface area contributed by atoms with Gasteiger partial charge in [-0.3, -0.25) is 10.0 Å². The van der Waals surface area contributed by atoms with E-state index in [1.165, 1.54) is 48.4 Å². The van der Waals surface area contributed by atoms with Gasteiger partial charge in [-0.05, 0) is 43.2 Å². The zero-order chi connectivity index (χ0) is 25.9. The highest BCUT2D eigenvalue weighted by atomic mass is 32.2. The molecule has 12 nitrogen and oxygen atoms in total. The second-order valence-corrected chi connectivity index (χ2v) is 10.2. The largest absolute Gasteiger partial charge is 0.447 e. The van der Waals surface area contributed by atoms with E-state index in [-0.39, 0.29) is 49.9 Å². The Kier molecular flexibility index (Phi) is 7.40. The number of pyridine rings is 1. The van der Waals surface area contributed by atoms with Crippen LogP contribution in [-0.2, 0) is 24.3 Å². The molecule has 0 radical (unpaired) electrons. The second-order valence-electron chi connectivity index (χ2n) is 8.34. The summed E-state index contributed by atoms with van der Waals surface area (Å²) in [6, 6.07) is 7.10. The maximum Gasteiger partial charge on any atom is 0.409 e. The number of amides is 2. The molecular formula is C22H25FN4O8S. The number of likely N-dealkylation sites (tertiary alicyclic amines) is 1. The average molecular weight is 525 g/mol. The van der Waals surface area contributed by atoms with Gasteiger partial charge in [0.25, 0.3) is 5.91 Å². The first-order valence-electron chi connectivity index (χ1n) is 11.0. The first-order chi connectivity index (χ1) is 17.2. The molecule has 0 unspecified atom stereocenters. The summed E-state index contributed by atoms with van der Waals surface area (Å²) in [7, 11) is -2.83. The minimum atomic E-state index is -4.28. The molecule has 0 saturated carbocycles. The fourth-order valence-electron chi connectivity index (χ4n) is 4.51. The van der Waals surface area contributed by atoms with Crippen LogP contribution in [0.1, 0.15) is 12.8 Å². The van der Waals surface area contributed by atoms with Crippen molar-refractivity contribution < 1.29 is 41.8 Å². The topological polar surface area (TPSA) is 148 Å². The van der Waals surface area contributed by atoms with Crippen LogP contribution in [0.15, 0.2) is 47.5 Å². The molecule has 2 aliphatic rings. The van der Waals surface area contributed by atoms with Crippen molar-refractivity contribution in [3.8, 4) is 11.6 Å². The Morgan fingerprint density at radius 1 is 1.22 bits per heavy atom. The van der Waals surface area contributed by atoms with Crippen LogP contribution in [0.25, 0.3) is 0 Å². The molecule has 2 bridgehead atoms. The van der Waals surface area contributed by atoms with E-state index in [0.29, 0.717) is 5.75 Å². The molecule has 2 aromatic rings. The van der Waals surface area contributed by atoms with Crippen molar-refractivity contribution in [3.63, 3.8) is 0 Å². The van der Waals surface area contributed by atoms with Crippen molar-refractivity contribution in [3.05, 3.63) is 48.4 Å². The summed E-state index contributed by atoms with van der Waals surface area (Å²) in [6.07, 6.45) is 0.747. The molecule has 4 rings (SSSR count). The van der Waals surface area contributed by atoms with Gasteiger partial charge in [-0.1, -0.05) is 0 Å². The maximum absolute atomic E-state index is 13.7. The highest BCUT2D eigenvalue weighted by molar-refractivity contribution is 7.89. The summed E-state index contributed by atoms with van der Waals surface area (Å²) in [5, 5.41) is 9.42. The van der Waals surface area contributed by atoms with Crippen molar-refractivity contribution in [2.24, 2.45) is 0 Å². The summed E-state index contributed by atoms with van der Waals surface area (Å²) < 4.78 is 56.9. The van der Waals surface area contributed by atoms with E-state index >= 15 is 0 Å². The third kappa shape index (κ3) is 4.84. The van der Waals surface area contributed by atoms with Gasteiger partial charge in [0.2, 0.25) is 15.9 Å². The molecule has 2 fully saturated rings. The highest BCUT2D eigenvalue weighted by Crippen LogP contribution is 2.43. The van der Waals surface area contributed by atoms with Crippen molar-refractivity contribution in [2.75, 3.05) is 33.4 Å². The van der Waals surface area contributed by atoms with Crippen LogP contribution in [0.3, 0.4) is 0 Å². The second kappa shape index (κ2) is 10.3. The number of sulfonamides is 1. The summed E-state index contributed by atoms with van der Waals surface area (Å²) in [5.74, 6) is -0.998. The first kappa shape index (κ1) is 25.8. The Labute approximate surface area is 206 Å². The number of rotatable bonds is 8. The molecule has 3 heterocycles. The van der Waals surface area contributed by atoms with Gasteiger partial charge in [0.1, 0.15) is 28.6 Å². The van der Waals surface area contributed by atoms with Crippen LogP contribution >= 0.6 is 0 Å². The average Bonchev–Trinajstić information content (AvgIpc) is 3.13. The number of halogens is 1. The van der Waals surface area contributed by atoms with E-state index in [2.05, 4.69) is 4.98 Å². The number of aromatic nitrogens is 1. The number of ether oxygens (including phenoxy) is 3. The molecule has 2 aliphatic heterocycles. The smallest absolute Gasteiger partial charge is 0.409 e. The third-order valence-electron chi connectivity index (χ3n) is 6.13. The zero-order valence-electron chi connectivity index (χ0n) is 19.3. The Hall–Kier alpha value is -3.33. The Morgan fingerprint density at radius 3 is 2.61 bits per heavy atom. The Bertz CT molecular complexity index is 1210. The van der Waals surface area contributed by atoms with Crippen LogP contribution in [0.4, 0.5) is 9.18 Å². The summed E-state index contributed by atoms with van der Waals surface area (Å²) in [4.78, 5) is 30.4. The molecule has 2 N–H and O–H groups in total. The fourth-order valence-corrected chi connectivity index (χ4v) is 6.42. The zero-order valence-corrected chi connectivity index (χ0v) is 20.1. The van der Waals surface area contributed by atoms with E-state index < -0.39 is 39.4 Å². The maximum atomic E-state index is 13.7. The number of carbonyl (C=O) groups is 2. The number of hydrogen-bond acceptors (Lipinski definition) is 9. The van der Waals surface area contributed by atoms with Crippen LogP contribution < -0.4 is 10.2 Å².